The van der Waals surface area contributed by atoms with Crippen molar-refractivity contribution in [2.75, 3.05) is 4.90 Å². The molecule has 9 aromatic carbocycles. The monoisotopic (exact) mass is 679 g/mol. The van der Waals surface area contributed by atoms with Crippen LogP contribution in [0.3, 0.4) is 0 Å². The summed E-state index contributed by atoms with van der Waals surface area (Å²) in [6, 6.07) is 72.8. The molecule has 0 saturated carbocycles. The van der Waals surface area contributed by atoms with E-state index in [1.165, 1.54) is 75.1 Å². The van der Waals surface area contributed by atoms with Crippen LogP contribution in [-0.2, 0) is 0 Å². The van der Waals surface area contributed by atoms with Gasteiger partial charge in [0, 0.05) is 36.9 Å². The van der Waals surface area contributed by atoms with E-state index in [1.807, 2.05) is 11.3 Å². The van der Waals surface area contributed by atoms with Crippen LogP contribution < -0.4 is 4.90 Å². The molecule has 0 N–H and O–H groups in total. The number of anilines is 3. The zero-order chi connectivity index (χ0) is 34.4. The van der Waals surface area contributed by atoms with Crippen LogP contribution in [0, 0.1) is 0 Å². The number of benzene rings is 9. The molecule has 1 nitrogen and oxygen atoms in total. The lowest BCUT2D eigenvalue weighted by Crippen LogP contribution is -2.10. The Morgan fingerprint density at radius 3 is 1.60 bits per heavy atom. The number of rotatable bonds is 6. The van der Waals surface area contributed by atoms with E-state index < -0.39 is 0 Å². The van der Waals surface area contributed by atoms with E-state index in [0.717, 1.165) is 17.1 Å². The van der Waals surface area contributed by atoms with Crippen LogP contribution in [0.4, 0.5) is 17.1 Å². The van der Waals surface area contributed by atoms with Gasteiger partial charge in [-0.15, -0.1) is 11.3 Å². The summed E-state index contributed by atoms with van der Waals surface area (Å²) in [4.78, 5) is 2.40. The molecule has 2 heteroatoms. The maximum atomic E-state index is 2.40. The fraction of sp³-hybridized carbons (Fsp3) is 0. The first-order chi connectivity index (χ1) is 25.8. The molecule has 1 aromatic heterocycles. The lowest BCUT2D eigenvalue weighted by molar-refractivity contribution is 1.30. The van der Waals surface area contributed by atoms with E-state index in [-0.39, 0.29) is 0 Å². The summed E-state index contributed by atoms with van der Waals surface area (Å²) in [7, 11) is 0. The van der Waals surface area contributed by atoms with Gasteiger partial charge in [0.05, 0.1) is 5.69 Å². The molecular weight excluding hydrogens is 647 g/mol. The molecule has 0 saturated heterocycles. The normalized spacial score (nSPS) is 11.5. The SMILES string of the molecule is c1ccc(-c2ccc(N(c3ccc(-c4ccc5c(ccc6sc7ccccc7c65)c4)cc3)c3ccc(-c4ccccc4)c4ccccc34)cc2)cc1. The van der Waals surface area contributed by atoms with Crippen LogP contribution in [0.15, 0.2) is 200 Å². The number of hydrogen-bond acceptors (Lipinski definition) is 2. The van der Waals surface area contributed by atoms with Crippen molar-refractivity contribution >= 4 is 70.1 Å². The summed E-state index contributed by atoms with van der Waals surface area (Å²) in [5.41, 5.74) is 10.7. The van der Waals surface area contributed by atoms with Gasteiger partial charge in [-0.2, -0.15) is 0 Å². The molecule has 0 radical (unpaired) electrons. The van der Waals surface area contributed by atoms with Crippen molar-refractivity contribution in [2.24, 2.45) is 0 Å². The summed E-state index contributed by atoms with van der Waals surface area (Å²) >= 11 is 1.87. The standard InChI is InChI=1S/C50H33NS/c1-3-11-34(12-4-1)35-19-25-40(26-20-35)51(47-31-30-42(37-13-5-2-6-14-37)44-15-7-8-16-45(44)47)41-27-21-36(22-28-41)38-23-29-43-39(33-38)24-32-49-50(43)46-17-9-10-18-48(46)52-49/h1-33H. The molecule has 0 bridgehead atoms. The Kier molecular flexibility index (Phi) is 7.41. The third-order valence-electron chi connectivity index (χ3n) is 10.3. The molecule has 0 atom stereocenters. The van der Waals surface area contributed by atoms with Gasteiger partial charge in [-0.3, -0.25) is 0 Å². The average Bonchev–Trinajstić information content (AvgIpc) is 3.61. The second-order valence-electron chi connectivity index (χ2n) is 13.3. The van der Waals surface area contributed by atoms with Gasteiger partial charge in [-0.1, -0.05) is 152 Å². The van der Waals surface area contributed by atoms with E-state index in [2.05, 4.69) is 205 Å². The predicted molar refractivity (Wildman–Crippen MR) is 225 cm³/mol. The molecule has 0 aliphatic carbocycles. The molecule has 0 aliphatic heterocycles. The number of thiophene rings is 1. The third-order valence-corrected chi connectivity index (χ3v) is 11.4. The molecule has 0 unspecified atom stereocenters. The molecule has 0 fully saturated rings. The number of nitrogens with zero attached hydrogens (tertiary/aromatic N) is 1. The van der Waals surface area contributed by atoms with Gasteiger partial charge in [0.25, 0.3) is 0 Å². The van der Waals surface area contributed by atoms with Crippen molar-refractivity contribution in [2.45, 2.75) is 0 Å². The highest BCUT2D eigenvalue weighted by molar-refractivity contribution is 7.26. The van der Waals surface area contributed by atoms with Gasteiger partial charge < -0.3 is 4.90 Å². The average molecular weight is 680 g/mol. The lowest BCUT2D eigenvalue weighted by Gasteiger charge is -2.28. The van der Waals surface area contributed by atoms with Gasteiger partial charge in [0.1, 0.15) is 0 Å². The fourth-order valence-corrected chi connectivity index (χ4v) is 8.87. The fourth-order valence-electron chi connectivity index (χ4n) is 7.74. The Hall–Kier alpha value is -6.48. The van der Waals surface area contributed by atoms with Gasteiger partial charge in [-0.25, -0.2) is 0 Å². The molecule has 0 amide bonds. The van der Waals surface area contributed by atoms with E-state index >= 15 is 0 Å². The molecule has 10 rings (SSSR count). The van der Waals surface area contributed by atoms with Crippen molar-refractivity contribution in [1.29, 1.82) is 0 Å². The zero-order valence-corrected chi connectivity index (χ0v) is 29.2. The quantitative estimate of drug-likeness (QED) is 0.169. The maximum absolute atomic E-state index is 2.40. The Balaban J connectivity index is 1.08. The lowest BCUT2D eigenvalue weighted by atomic mass is 9.96. The topological polar surface area (TPSA) is 3.24 Å². The highest BCUT2D eigenvalue weighted by Crippen LogP contribution is 2.43. The highest BCUT2D eigenvalue weighted by Gasteiger charge is 2.18. The van der Waals surface area contributed by atoms with Crippen LogP contribution in [0.1, 0.15) is 0 Å². The molecule has 0 aliphatic rings. The van der Waals surface area contributed by atoms with Crippen molar-refractivity contribution in [3.63, 3.8) is 0 Å². The van der Waals surface area contributed by atoms with Crippen molar-refractivity contribution < 1.29 is 0 Å². The highest BCUT2D eigenvalue weighted by atomic mass is 32.1. The third kappa shape index (κ3) is 5.24. The largest absolute Gasteiger partial charge is 0.310 e. The minimum absolute atomic E-state index is 1.11. The van der Waals surface area contributed by atoms with E-state index in [4.69, 9.17) is 0 Å². The Morgan fingerprint density at radius 2 is 0.885 bits per heavy atom. The minimum Gasteiger partial charge on any atom is -0.310 e. The van der Waals surface area contributed by atoms with Gasteiger partial charge in [0.2, 0.25) is 0 Å². The zero-order valence-electron chi connectivity index (χ0n) is 28.4. The van der Waals surface area contributed by atoms with Crippen LogP contribution in [0.2, 0.25) is 0 Å². The molecular formula is C50H33NS. The Labute approximate surface area is 307 Å². The molecule has 52 heavy (non-hydrogen) atoms. The van der Waals surface area contributed by atoms with Crippen molar-refractivity contribution in [3.05, 3.63) is 200 Å². The summed E-state index contributed by atoms with van der Waals surface area (Å²) in [6.07, 6.45) is 0. The van der Waals surface area contributed by atoms with Crippen LogP contribution in [-0.4, -0.2) is 0 Å². The smallest absolute Gasteiger partial charge is 0.0540 e. The summed E-state index contributed by atoms with van der Waals surface area (Å²) < 4.78 is 2.68. The van der Waals surface area contributed by atoms with E-state index in [1.54, 1.807) is 0 Å². The summed E-state index contributed by atoms with van der Waals surface area (Å²) in [5, 5.41) is 7.72. The Morgan fingerprint density at radius 1 is 0.327 bits per heavy atom. The van der Waals surface area contributed by atoms with Crippen molar-refractivity contribution in [3.8, 4) is 33.4 Å². The van der Waals surface area contributed by atoms with Gasteiger partial charge >= 0.3 is 0 Å². The number of hydrogen-bond donors (Lipinski definition) is 0. The predicted octanol–water partition coefficient (Wildman–Crippen LogP) is 14.8. The summed E-state index contributed by atoms with van der Waals surface area (Å²) in [6.45, 7) is 0. The summed E-state index contributed by atoms with van der Waals surface area (Å²) in [5.74, 6) is 0. The first-order valence-electron chi connectivity index (χ1n) is 17.8. The van der Waals surface area contributed by atoms with E-state index in [9.17, 15) is 0 Å². The minimum atomic E-state index is 1.11. The molecule has 0 spiro atoms. The van der Waals surface area contributed by atoms with Crippen LogP contribution >= 0.6 is 11.3 Å². The second-order valence-corrected chi connectivity index (χ2v) is 14.4. The van der Waals surface area contributed by atoms with Crippen LogP contribution in [0.25, 0.3) is 75.1 Å². The molecule has 1 heterocycles. The van der Waals surface area contributed by atoms with Gasteiger partial charge in [-0.05, 0) is 98.1 Å². The second kappa shape index (κ2) is 12.7. The van der Waals surface area contributed by atoms with Crippen LogP contribution in [0.5, 0.6) is 0 Å². The van der Waals surface area contributed by atoms with E-state index in [0.29, 0.717) is 0 Å². The maximum Gasteiger partial charge on any atom is 0.0540 e. The Bertz CT molecular complexity index is 2870. The first-order valence-corrected chi connectivity index (χ1v) is 18.6. The molecule has 10 aromatic rings. The first kappa shape index (κ1) is 30.4. The van der Waals surface area contributed by atoms with Crippen molar-refractivity contribution in [1.82, 2.24) is 0 Å². The van der Waals surface area contributed by atoms with Gasteiger partial charge in [0.15, 0.2) is 0 Å². The molecule has 244 valence electrons. The number of fused-ring (bicyclic) bond motifs is 6.